The van der Waals surface area contributed by atoms with Crippen LogP contribution in [0.4, 0.5) is 22.9 Å². The normalized spacial score (nSPS) is 15.3. The molecule has 4 aromatic carbocycles. The minimum atomic E-state index is -0.252. The first-order valence-corrected chi connectivity index (χ1v) is 13.7. The van der Waals surface area contributed by atoms with Gasteiger partial charge in [-0.1, -0.05) is 60.7 Å². The van der Waals surface area contributed by atoms with Gasteiger partial charge in [-0.05, 0) is 68.3 Å². The number of amidine groups is 2. The van der Waals surface area contributed by atoms with Gasteiger partial charge in [-0.3, -0.25) is 0 Å². The van der Waals surface area contributed by atoms with Crippen molar-refractivity contribution in [3.05, 3.63) is 125 Å². The van der Waals surface area contributed by atoms with Gasteiger partial charge in [0.05, 0.1) is 35.9 Å². The number of rotatable bonds is 4. The van der Waals surface area contributed by atoms with E-state index < -0.39 is 0 Å². The predicted molar refractivity (Wildman–Crippen MR) is 166 cm³/mol. The zero-order valence-electron chi connectivity index (χ0n) is 23.5. The largest absolute Gasteiger partial charge is 0.496 e. The van der Waals surface area contributed by atoms with Crippen molar-refractivity contribution in [1.82, 2.24) is 9.78 Å². The van der Waals surface area contributed by atoms with E-state index in [9.17, 15) is 0 Å². The number of hydrogen-bond donors (Lipinski definition) is 1. The van der Waals surface area contributed by atoms with Crippen molar-refractivity contribution in [3.63, 3.8) is 0 Å². The summed E-state index contributed by atoms with van der Waals surface area (Å²) in [5.41, 5.74) is 9.07. The Balaban J connectivity index is 1.52. The summed E-state index contributed by atoms with van der Waals surface area (Å²) in [7, 11) is 1.72. The van der Waals surface area contributed by atoms with E-state index in [1.54, 1.807) is 7.11 Å². The highest BCUT2D eigenvalue weighted by Crippen LogP contribution is 2.49. The maximum absolute atomic E-state index is 5.92. The van der Waals surface area contributed by atoms with Gasteiger partial charge < -0.3 is 15.0 Å². The molecule has 0 bridgehead atoms. The van der Waals surface area contributed by atoms with Crippen LogP contribution in [0.15, 0.2) is 107 Å². The number of aromatic nitrogens is 2. The van der Waals surface area contributed by atoms with Gasteiger partial charge in [0.1, 0.15) is 5.75 Å². The monoisotopic (exact) mass is 538 g/mol. The van der Waals surface area contributed by atoms with Crippen molar-refractivity contribution in [2.24, 2.45) is 9.98 Å². The van der Waals surface area contributed by atoms with Gasteiger partial charge in [-0.25, -0.2) is 14.7 Å². The number of aryl methyl sites for hydroxylation is 3. The summed E-state index contributed by atoms with van der Waals surface area (Å²) in [6.45, 7) is 6.25. The SMILES string of the molecule is COc1ccccc1[C@@H]1c2c(C)nn(-c3ccccc3)c2N=C2C(Nc3cc(C)ccc3C)=Nc3ccccc3N21. The summed E-state index contributed by atoms with van der Waals surface area (Å²) in [4.78, 5) is 12.7. The fraction of sp³-hybridized carbons (Fsp3) is 0.147. The molecule has 7 heteroatoms. The van der Waals surface area contributed by atoms with Crippen LogP contribution in [0.2, 0.25) is 0 Å². The van der Waals surface area contributed by atoms with Crippen molar-refractivity contribution in [3.8, 4) is 11.4 Å². The molecule has 2 aliphatic heterocycles. The number of aliphatic imine (C=N–C) groups is 2. The summed E-state index contributed by atoms with van der Waals surface area (Å²) in [5.74, 6) is 3.00. The fourth-order valence-electron chi connectivity index (χ4n) is 5.73. The molecule has 2 aliphatic rings. The lowest BCUT2D eigenvalue weighted by Crippen LogP contribution is -2.46. The molecule has 0 saturated carbocycles. The second-order valence-electron chi connectivity index (χ2n) is 10.4. The van der Waals surface area contributed by atoms with E-state index in [-0.39, 0.29) is 6.04 Å². The summed E-state index contributed by atoms with van der Waals surface area (Å²) < 4.78 is 7.86. The van der Waals surface area contributed by atoms with E-state index in [0.717, 1.165) is 62.5 Å². The lowest BCUT2D eigenvalue weighted by Gasteiger charge is -2.41. The third-order valence-electron chi connectivity index (χ3n) is 7.72. The Bertz CT molecular complexity index is 1850. The van der Waals surface area contributed by atoms with E-state index in [0.29, 0.717) is 5.84 Å². The van der Waals surface area contributed by atoms with Crippen molar-refractivity contribution < 1.29 is 4.74 Å². The summed E-state index contributed by atoms with van der Waals surface area (Å²) in [6, 6.07) is 32.7. The number of hydrogen-bond acceptors (Lipinski definition) is 6. The Morgan fingerprint density at radius 3 is 2.39 bits per heavy atom. The van der Waals surface area contributed by atoms with Crippen LogP contribution < -0.4 is 15.0 Å². The number of nitrogens with zero attached hydrogens (tertiary/aromatic N) is 5. The molecule has 7 nitrogen and oxygen atoms in total. The molecule has 5 aromatic rings. The zero-order valence-corrected chi connectivity index (χ0v) is 23.5. The first-order chi connectivity index (χ1) is 20.0. The molecule has 0 saturated heterocycles. The molecule has 0 fully saturated rings. The van der Waals surface area contributed by atoms with Crippen LogP contribution in [0.3, 0.4) is 0 Å². The van der Waals surface area contributed by atoms with Crippen LogP contribution in [0.5, 0.6) is 5.75 Å². The molecule has 1 aromatic heterocycles. The molecule has 202 valence electrons. The summed E-state index contributed by atoms with van der Waals surface area (Å²) in [6.07, 6.45) is 0. The molecule has 0 amide bonds. The van der Waals surface area contributed by atoms with Gasteiger partial charge in [-0.2, -0.15) is 5.10 Å². The molecular weight excluding hydrogens is 508 g/mol. The van der Waals surface area contributed by atoms with E-state index in [1.807, 2.05) is 53.2 Å². The molecule has 41 heavy (non-hydrogen) atoms. The Hall–Kier alpha value is -5.17. The highest BCUT2D eigenvalue weighted by Gasteiger charge is 2.42. The van der Waals surface area contributed by atoms with Crippen molar-refractivity contribution in [1.29, 1.82) is 0 Å². The van der Waals surface area contributed by atoms with Crippen LogP contribution in [-0.4, -0.2) is 28.6 Å². The maximum atomic E-state index is 5.92. The first-order valence-electron chi connectivity index (χ1n) is 13.7. The third kappa shape index (κ3) is 4.09. The molecular formula is C34H30N6O. The van der Waals surface area contributed by atoms with Gasteiger partial charge in [0.25, 0.3) is 0 Å². The molecule has 3 heterocycles. The van der Waals surface area contributed by atoms with E-state index >= 15 is 0 Å². The Kier molecular flexibility index (Phi) is 5.93. The van der Waals surface area contributed by atoms with Gasteiger partial charge in [0, 0.05) is 16.8 Å². The topological polar surface area (TPSA) is 67.0 Å². The molecule has 0 spiro atoms. The second-order valence-corrected chi connectivity index (χ2v) is 10.4. The molecule has 0 aliphatic carbocycles. The summed E-state index contributed by atoms with van der Waals surface area (Å²) in [5, 5.41) is 8.67. The van der Waals surface area contributed by atoms with Crippen molar-refractivity contribution in [2.45, 2.75) is 26.8 Å². The first kappa shape index (κ1) is 24.8. The number of benzene rings is 4. The van der Waals surface area contributed by atoms with E-state index in [4.69, 9.17) is 19.8 Å². The van der Waals surface area contributed by atoms with Crippen LogP contribution in [0.25, 0.3) is 5.69 Å². The molecule has 0 radical (unpaired) electrons. The smallest absolute Gasteiger partial charge is 0.179 e. The lowest BCUT2D eigenvalue weighted by atomic mass is 9.92. The van der Waals surface area contributed by atoms with Gasteiger partial charge >= 0.3 is 0 Å². The number of nitrogens with one attached hydrogen (secondary N) is 1. The average Bonchev–Trinajstić information content (AvgIpc) is 3.34. The molecule has 0 unspecified atom stereocenters. The van der Waals surface area contributed by atoms with Crippen LogP contribution in [-0.2, 0) is 0 Å². The Labute approximate surface area is 239 Å². The van der Waals surface area contributed by atoms with Crippen molar-refractivity contribution in [2.75, 3.05) is 17.3 Å². The lowest BCUT2D eigenvalue weighted by molar-refractivity contribution is 0.407. The quantitative estimate of drug-likeness (QED) is 0.256. The minimum Gasteiger partial charge on any atom is -0.496 e. The van der Waals surface area contributed by atoms with E-state index in [1.165, 1.54) is 5.56 Å². The van der Waals surface area contributed by atoms with Crippen LogP contribution in [0.1, 0.15) is 34.0 Å². The standard InChI is InChI=1S/C34H30N6O/c1-21-18-19-22(2)27(20-21)36-32-34-37-33-30(23(3)38-40(33)24-12-6-5-7-13-24)31(25-14-8-11-17-29(25)41-4)39(34)28-16-10-9-15-26(28)35-32/h5-20,31H,1-4H3,(H,35,36)/t31-/m1/s1. The molecule has 7 rings (SSSR count). The number of fused-ring (bicyclic) bond motifs is 4. The molecule has 1 atom stereocenters. The van der Waals surface area contributed by atoms with Crippen LogP contribution in [0, 0.1) is 20.8 Å². The average molecular weight is 539 g/mol. The number of para-hydroxylation sites is 4. The van der Waals surface area contributed by atoms with E-state index in [2.05, 4.69) is 79.5 Å². The maximum Gasteiger partial charge on any atom is 0.179 e. The fourth-order valence-corrected chi connectivity index (χ4v) is 5.73. The van der Waals surface area contributed by atoms with Gasteiger partial charge in [0.2, 0.25) is 0 Å². The number of anilines is 2. The van der Waals surface area contributed by atoms with Gasteiger partial charge in [0.15, 0.2) is 17.5 Å². The van der Waals surface area contributed by atoms with Crippen molar-refractivity contribution >= 4 is 34.6 Å². The minimum absolute atomic E-state index is 0.252. The number of ether oxygens (including phenoxy) is 1. The highest BCUT2D eigenvalue weighted by molar-refractivity contribution is 6.51. The van der Waals surface area contributed by atoms with Gasteiger partial charge in [-0.15, -0.1) is 0 Å². The Morgan fingerprint density at radius 2 is 1.56 bits per heavy atom. The second kappa shape index (κ2) is 9.78. The molecule has 1 N–H and O–H groups in total. The zero-order chi connectivity index (χ0) is 28.1. The Morgan fingerprint density at radius 1 is 0.805 bits per heavy atom. The third-order valence-corrected chi connectivity index (χ3v) is 7.72. The predicted octanol–water partition coefficient (Wildman–Crippen LogP) is 7.60. The highest BCUT2D eigenvalue weighted by atomic mass is 16.5. The summed E-state index contributed by atoms with van der Waals surface area (Å²) >= 11 is 0. The van der Waals surface area contributed by atoms with Crippen LogP contribution >= 0.6 is 0 Å². The number of methoxy groups -OCH3 is 1.